The maximum absolute atomic E-state index is 13.5. The Labute approximate surface area is 96.6 Å². The summed E-state index contributed by atoms with van der Waals surface area (Å²) in [4.78, 5) is 21.7. The van der Waals surface area contributed by atoms with Gasteiger partial charge in [-0.05, 0) is 12.1 Å². The summed E-state index contributed by atoms with van der Waals surface area (Å²) in [6.45, 7) is 1.12. The molecule has 0 spiro atoms. The van der Waals surface area contributed by atoms with Crippen LogP contribution in [0.1, 0.15) is 22.8 Å². The van der Waals surface area contributed by atoms with Gasteiger partial charge in [0.05, 0.1) is 12.7 Å². The second-order valence-corrected chi connectivity index (χ2v) is 3.32. The summed E-state index contributed by atoms with van der Waals surface area (Å²) in [6, 6.07) is 1.61. The third-order valence-corrected chi connectivity index (χ3v) is 2.07. The minimum Gasteiger partial charge on any atom is -0.465 e. The van der Waals surface area contributed by atoms with Gasteiger partial charge in [-0.15, -0.1) is 0 Å². The molecule has 1 aromatic carbocycles. The van der Waals surface area contributed by atoms with Gasteiger partial charge in [-0.1, -0.05) is 0 Å². The molecule has 1 aromatic rings. The van der Waals surface area contributed by atoms with E-state index in [4.69, 9.17) is 0 Å². The highest BCUT2D eigenvalue weighted by Crippen LogP contribution is 2.15. The monoisotopic (exact) mass is 243 g/mol. The molecule has 4 nitrogen and oxygen atoms in total. The first-order valence-electron chi connectivity index (χ1n) is 4.76. The molecule has 92 valence electrons. The molecule has 0 fully saturated rings. The van der Waals surface area contributed by atoms with Gasteiger partial charge in [-0.3, -0.25) is 4.79 Å². The van der Waals surface area contributed by atoms with E-state index in [9.17, 15) is 18.4 Å². The van der Waals surface area contributed by atoms with Crippen LogP contribution in [0.15, 0.2) is 12.1 Å². The van der Waals surface area contributed by atoms with Crippen LogP contribution in [0.25, 0.3) is 0 Å². The first-order chi connectivity index (χ1) is 7.95. The van der Waals surface area contributed by atoms with Crippen molar-refractivity contribution < 1.29 is 23.1 Å². The third kappa shape index (κ3) is 3.24. The molecule has 0 aliphatic heterocycles. The van der Waals surface area contributed by atoms with Gasteiger partial charge in [0.2, 0.25) is 5.91 Å². The molecule has 0 saturated carbocycles. The molecule has 0 bridgehead atoms. The number of esters is 1. The van der Waals surface area contributed by atoms with Gasteiger partial charge in [0.15, 0.2) is 0 Å². The molecule has 17 heavy (non-hydrogen) atoms. The highest BCUT2D eigenvalue weighted by molar-refractivity contribution is 5.89. The van der Waals surface area contributed by atoms with Crippen LogP contribution in [-0.2, 0) is 16.1 Å². The van der Waals surface area contributed by atoms with Gasteiger partial charge >= 0.3 is 5.97 Å². The van der Waals surface area contributed by atoms with Crippen LogP contribution < -0.4 is 5.32 Å². The Morgan fingerprint density at radius 3 is 2.47 bits per heavy atom. The topological polar surface area (TPSA) is 55.4 Å². The van der Waals surface area contributed by atoms with Crippen molar-refractivity contribution in [1.29, 1.82) is 0 Å². The van der Waals surface area contributed by atoms with Gasteiger partial charge in [-0.25, -0.2) is 13.6 Å². The van der Waals surface area contributed by atoms with Crippen LogP contribution in [-0.4, -0.2) is 19.0 Å². The van der Waals surface area contributed by atoms with E-state index in [0.29, 0.717) is 0 Å². The van der Waals surface area contributed by atoms with Gasteiger partial charge in [0, 0.05) is 19.0 Å². The minimum atomic E-state index is -0.951. The van der Waals surface area contributed by atoms with Crippen LogP contribution in [0.5, 0.6) is 0 Å². The molecule has 1 amide bonds. The predicted octanol–water partition coefficient (Wildman–Crippen LogP) is 1.39. The molecule has 0 unspecified atom stereocenters. The number of methoxy groups -OCH3 is 1. The van der Waals surface area contributed by atoms with Gasteiger partial charge in [0.25, 0.3) is 0 Å². The Morgan fingerprint density at radius 1 is 1.29 bits per heavy atom. The van der Waals surface area contributed by atoms with Crippen molar-refractivity contribution >= 4 is 11.9 Å². The van der Waals surface area contributed by atoms with E-state index in [1.807, 2.05) is 0 Å². The number of hydrogen-bond donors (Lipinski definition) is 1. The summed E-state index contributed by atoms with van der Waals surface area (Å²) in [5.41, 5.74) is -0.512. The number of carbonyl (C=O) groups excluding carboxylic acids is 2. The zero-order chi connectivity index (χ0) is 13.0. The summed E-state index contributed by atoms with van der Waals surface area (Å²) in [6.07, 6.45) is 0. The number of ether oxygens (including phenoxy) is 1. The van der Waals surface area contributed by atoms with Gasteiger partial charge in [-0.2, -0.15) is 0 Å². The summed E-state index contributed by atoms with van der Waals surface area (Å²) in [5.74, 6) is -2.98. The fourth-order valence-electron chi connectivity index (χ4n) is 1.21. The number of amides is 1. The normalized spacial score (nSPS) is 9.88. The fraction of sp³-hybridized carbons (Fsp3) is 0.273. The lowest BCUT2D eigenvalue weighted by Crippen LogP contribution is -2.20. The molecular formula is C11H11F2NO3. The minimum absolute atomic E-state index is 0.0367. The van der Waals surface area contributed by atoms with Crippen molar-refractivity contribution in [3.63, 3.8) is 0 Å². The summed E-state index contributed by atoms with van der Waals surface area (Å²) in [5, 5.41) is 2.33. The Balaban J connectivity index is 3.01. The Kier molecular flexibility index (Phi) is 4.14. The van der Waals surface area contributed by atoms with E-state index < -0.39 is 23.2 Å². The molecule has 0 aliphatic carbocycles. The van der Waals surface area contributed by atoms with E-state index >= 15 is 0 Å². The number of halogens is 2. The zero-order valence-corrected chi connectivity index (χ0v) is 9.34. The molecule has 1 rings (SSSR count). The number of rotatable bonds is 3. The van der Waals surface area contributed by atoms with E-state index in [0.717, 1.165) is 19.2 Å². The SMILES string of the molecule is COC(=O)c1cc(F)c(CNC(C)=O)cc1F. The number of nitrogens with one attached hydrogen (secondary N) is 1. The molecule has 0 heterocycles. The average Bonchev–Trinajstić information content (AvgIpc) is 2.28. The van der Waals surface area contributed by atoms with E-state index in [-0.39, 0.29) is 18.0 Å². The van der Waals surface area contributed by atoms with E-state index in [2.05, 4.69) is 10.1 Å². The van der Waals surface area contributed by atoms with Crippen LogP contribution in [0.2, 0.25) is 0 Å². The molecule has 0 radical (unpaired) electrons. The highest BCUT2D eigenvalue weighted by atomic mass is 19.1. The van der Waals surface area contributed by atoms with E-state index in [1.165, 1.54) is 6.92 Å². The van der Waals surface area contributed by atoms with Crippen LogP contribution in [0.3, 0.4) is 0 Å². The van der Waals surface area contributed by atoms with Crippen molar-refractivity contribution in [1.82, 2.24) is 5.32 Å². The standard InChI is InChI=1S/C11H11F2NO3/c1-6(15)14-5-7-3-10(13)8(4-9(7)12)11(16)17-2/h3-4H,5H2,1-2H3,(H,14,15). The molecule has 6 heteroatoms. The summed E-state index contributed by atoms with van der Waals surface area (Å²) in [7, 11) is 1.07. The molecule has 0 atom stereocenters. The van der Waals surface area contributed by atoms with Crippen LogP contribution >= 0.6 is 0 Å². The lowest BCUT2D eigenvalue weighted by molar-refractivity contribution is -0.119. The Morgan fingerprint density at radius 2 is 1.94 bits per heavy atom. The van der Waals surface area contributed by atoms with Crippen molar-refractivity contribution in [2.45, 2.75) is 13.5 Å². The van der Waals surface area contributed by atoms with E-state index in [1.54, 1.807) is 0 Å². The highest BCUT2D eigenvalue weighted by Gasteiger charge is 2.16. The molecule has 0 saturated heterocycles. The fourth-order valence-corrected chi connectivity index (χ4v) is 1.21. The Bertz CT molecular complexity index is 460. The van der Waals surface area contributed by atoms with Crippen molar-refractivity contribution in [2.75, 3.05) is 7.11 Å². The van der Waals surface area contributed by atoms with Gasteiger partial charge < -0.3 is 10.1 Å². The molecular weight excluding hydrogens is 232 g/mol. The lowest BCUT2D eigenvalue weighted by Gasteiger charge is -2.07. The quantitative estimate of drug-likeness (QED) is 0.816. The zero-order valence-electron chi connectivity index (χ0n) is 9.34. The first-order valence-corrected chi connectivity index (χ1v) is 4.76. The molecule has 0 aliphatic rings. The maximum atomic E-state index is 13.5. The Hall–Kier alpha value is -1.98. The first kappa shape index (κ1) is 13.1. The summed E-state index contributed by atoms with van der Waals surface area (Å²) < 4.78 is 31.2. The van der Waals surface area contributed by atoms with Crippen LogP contribution in [0, 0.1) is 11.6 Å². The number of benzene rings is 1. The molecule has 1 N–H and O–H groups in total. The van der Waals surface area contributed by atoms with Crippen molar-refractivity contribution in [2.24, 2.45) is 0 Å². The van der Waals surface area contributed by atoms with Crippen LogP contribution in [0.4, 0.5) is 8.78 Å². The largest absolute Gasteiger partial charge is 0.465 e. The average molecular weight is 243 g/mol. The van der Waals surface area contributed by atoms with Crippen molar-refractivity contribution in [3.8, 4) is 0 Å². The lowest BCUT2D eigenvalue weighted by atomic mass is 10.1. The predicted molar refractivity (Wildman–Crippen MR) is 55.2 cm³/mol. The third-order valence-electron chi connectivity index (χ3n) is 2.07. The number of carbonyl (C=O) groups is 2. The molecule has 0 aromatic heterocycles. The second-order valence-electron chi connectivity index (χ2n) is 3.32. The smallest absolute Gasteiger partial charge is 0.340 e. The second kappa shape index (κ2) is 5.38. The van der Waals surface area contributed by atoms with Gasteiger partial charge in [0.1, 0.15) is 11.6 Å². The van der Waals surface area contributed by atoms with Crippen molar-refractivity contribution in [3.05, 3.63) is 34.9 Å². The summed E-state index contributed by atoms with van der Waals surface area (Å²) >= 11 is 0. The number of hydrogen-bond acceptors (Lipinski definition) is 3. The maximum Gasteiger partial charge on any atom is 0.340 e.